The van der Waals surface area contributed by atoms with Gasteiger partial charge in [0.2, 0.25) is 0 Å². The van der Waals surface area contributed by atoms with Crippen molar-refractivity contribution in [3.05, 3.63) is 80.4 Å². The summed E-state index contributed by atoms with van der Waals surface area (Å²) < 4.78 is 5.23. The van der Waals surface area contributed by atoms with Crippen molar-refractivity contribution in [3.63, 3.8) is 0 Å². The van der Waals surface area contributed by atoms with Gasteiger partial charge < -0.3 is 4.74 Å². The van der Waals surface area contributed by atoms with Gasteiger partial charge in [0.15, 0.2) is 0 Å². The van der Waals surface area contributed by atoms with Gasteiger partial charge in [-0.2, -0.15) is 0 Å². The van der Waals surface area contributed by atoms with Crippen molar-refractivity contribution in [1.82, 2.24) is 0 Å². The molecular formula is C40H48O2. The summed E-state index contributed by atoms with van der Waals surface area (Å²) in [6.45, 7) is 18.2. The van der Waals surface area contributed by atoms with Crippen LogP contribution in [0.5, 0.6) is 0 Å². The van der Waals surface area contributed by atoms with Crippen LogP contribution in [0, 0.1) is 0 Å². The van der Waals surface area contributed by atoms with Gasteiger partial charge in [0, 0.05) is 0 Å². The highest BCUT2D eigenvalue weighted by molar-refractivity contribution is 6.15. The second kappa shape index (κ2) is 12.1. The maximum atomic E-state index is 12.9. The molecule has 220 valence electrons. The van der Waals surface area contributed by atoms with Crippen LogP contribution < -0.4 is 0 Å². The minimum absolute atomic E-state index is 0.240. The quantitative estimate of drug-likeness (QED) is 0.132. The molecule has 0 aromatic heterocycles. The van der Waals surface area contributed by atoms with Crippen molar-refractivity contribution in [2.24, 2.45) is 0 Å². The van der Waals surface area contributed by atoms with Gasteiger partial charge in [-0.3, -0.25) is 0 Å². The third kappa shape index (κ3) is 4.41. The molecule has 5 rings (SSSR count). The summed E-state index contributed by atoms with van der Waals surface area (Å²) in [4.78, 5) is 12.9. The monoisotopic (exact) mass is 560 g/mol. The lowest BCUT2D eigenvalue weighted by atomic mass is 9.81. The fourth-order valence-corrected chi connectivity index (χ4v) is 8.07. The van der Waals surface area contributed by atoms with Crippen molar-refractivity contribution in [2.45, 2.75) is 107 Å². The highest BCUT2D eigenvalue weighted by Gasteiger charge is 2.22. The van der Waals surface area contributed by atoms with Crippen molar-refractivity contribution < 1.29 is 9.53 Å². The molecule has 0 amide bonds. The zero-order valence-electron chi connectivity index (χ0n) is 27.4. The SMILES string of the molecule is CCc1c(CC)c(CC)c2cc3c(CC)c4cc5c(CC)c(C(=O)OC)cc(CC)c5cc4c(CC)c3cc2c1CC. The molecule has 0 atom stereocenters. The number of benzene rings is 5. The van der Waals surface area contributed by atoms with E-state index in [-0.39, 0.29) is 5.97 Å². The lowest BCUT2D eigenvalue weighted by Crippen LogP contribution is -2.08. The maximum Gasteiger partial charge on any atom is 0.338 e. The predicted molar refractivity (Wildman–Crippen MR) is 183 cm³/mol. The smallest absolute Gasteiger partial charge is 0.338 e. The number of hydrogen-bond donors (Lipinski definition) is 0. The Labute approximate surface area is 252 Å². The molecule has 0 saturated carbocycles. The van der Waals surface area contributed by atoms with E-state index in [9.17, 15) is 4.79 Å². The summed E-state index contributed by atoms with van der Waals surface area (Å²) in [6.07, 6.45) is 7.88. The van der Waals surface area contributed by atoms with Crippen LogP contribution in [-0.4, -0.2) is 13.1 Å². The first kappa shape index (κ1) is 30.1. The van der Waals surface area contributed by atoms with Crippen molar-refractivity contribution in [3.8, 4) is 0 Å². The van der Waals surface area contributed by atoms with Gasteiger partial charge in [0.1, 0.15) is 0 Å². The lowest BCUT2D eigenvalue weighted by Gasteiger charge is -2.23. The number of carbonyl (C=O) groups is 1. The average molecular weight is 561 g/mol. The Morgan fingerprint density at radius 1 is 0.429 bits per heavy atom. The summed E-state index contributed by atoms with van der Waals surface area (Å²) >= 11 is 0. The molecule has 0 unspecified atom stereocenters. The van der Waals surface area contributed by atoms with Gasteiger partial charge in [0.25, 0.3) is 0 Å². The van der Waals surface area contributed by atoms with E-state index < -0.39 is 0 Å². The second-order valence-corrected chi connectivity index (χ2v) is 11.6. The summed E-state index contributed by atoms with van der Waals surface area (Å²) in [6, 6.07) is 12.0. The fourth-order valence-electron chi connectivity index (χ4n) is 8.07. The second-order valence-electron chi connectivity index (χ2n) is 11.6. The number of esters is 1. The molecule has 5 aromatic rings. The van der Waals surface area contributed by atoms with Gasteiger partial charge in [-0.05, 0) is 169 Å². The fraction of sp³-hybridized carbons (Fsp3) is 0.425. The summed E-state index contributed by atoms with van der Waals surface area (Å²) in [5.74, 6) is -0.240. The van der Waals surface area contributed by atoms with E-state index in [0.717, 1.165) is 56.9 Å². The molecule has 0 radical (unpaired) electrons. The topological polar surface area (TPSA) is 26.3 Å². The standard InChI is InChI=1S/C40H48O2/c1-10-23-18-39(40(41)42-9)30(17-8)32-20-36-29(16-7)38-22-35-27(14-5)25(12-3)24(11-2)26(13-4)34(35)21-37(38)28(15-6)33(36)19-31(23)32/h18-22H,10-17H2,1-9H3. The van der Waals surface area contributed by atoms with E-state index >= 15 is 0 Å². The zero-order valence-corrected chi connectivity index (χ0v) is 27.4. The predicted octanol–water partition coefficient (Wildman–Crippen LogP) is 10.6. The first-order valence-corrected chi connectivity index (χ1v) is 16.4. The van der Waals surface area contributed by atoms with Crippen molar-refractivity contribution >= 4 is 49.1 Å². The lowest BCUT2D eigenvalue weighted by molar-refractivity contribution is 0.0599. The number of fused-ring (bicyclic) bond motifs is 4. The molecule has 2 nitrogen and oxygen atoms in total. The molecule has 5 aromatic carbocycles. The number of carbonyl (C=O) groups excluding carboxylic acids is 1. The molecule has 2 heteroatoms. The minimum Gasteiger partial charge on any atom is -0.465 e. The highest BCUT2D eigenvalue weighted by Crippen LogP contribution is 2.42. The van der Waals surface area contributed by atoms with Crippen LogP contribution in [0.2, 0.25) is 0 Å². The molecule has 0 aliphatic carbocycles. The molecule has 0 N–H and O–H groups in total. The Morgan fingerprint density at radius 3 is 1.10 bits per heavy atom. The van der Waals surface area contributed by atoms with Crippen LogP contribution in [-0.2, 0) is 56.1 Å². The Balaban J connectivity index is 2.05. The Morgan fingerprint density at radius 2 is 0.762 bits per heavy atom. The molecule has 0 aliphatic rings. The molecular weight excluding hydrogens is 512 g/mol. The van der Waals surface area contributed by atoms with Gasteiger partial charge in [-0.1, -0.05) is 55.4 Å². The Hall–Kier alpha value is -3.39. The van der Waals surface area contributed by atoms with Crippen LogP contribution in [0.1, 0.15) is 110 Å². The van der Waals surface area contributed by atoms with Crippen molar-refractivity contribution in [2.75, 3.05) is 7.11 Å². The molecule has 0 saturated heterocycles. The molecule has 0 fully saturated rings. The molecule has 0 spiro atoms. The van der Waals surface area contributed by atoms with Crippen LogP contribution in [0.25, 0.3) is 43.1 Å². The van der Waals surface area contributed by atoms with Gasteiger partial charge in [-0.15, -0.1) is 0 Å². The van der Waals surface area contributed by atoms with Gasteiger partial charge >= 0.3 is 5.97 Å². The summed E-state index contributed by atoms with van der Waals surface area (Å²) in [5.41, 5.74) is 12.1. The third-order valence-corrected chi connectivity index (χ3v) is 9.93. The van der Waals surface area contributed by atoms with E-state index in [1.807, 2.05) is 0 Å². The van der Waals surface area contributed by atoms with Crippen LogP contribution >= 0.6 is 0 Å². The zero-order chi connectivity index (χ0) is 30.3. The van der Waals surface area contributed by atoms with E-state index in [4.69, 9.17) is 4.74 Å². The number of methoxy groups -OCH3 is 1. The Kier molecular flexibility index (Phi) is 8.65. The number of hydrogen-bond acceptors (Lipinski definition) is 2. The number of aryl methyl sites for hydroxylation is 6. The van der Waals surface area contributed by atoms with Gasteiger partial charge in [-0.25, -0.2) is 4.79 Å². The average Bonchev–Trinajstić information content (AvgIpc) is 3.02. The van der Waals surface area contributed by atoms with Crippen LogP contribution in [0.15, 0.2) is 30.3 Å². The maximum absolute atomic E-state index is 12.9. The number of ether oxygens (including phenoxy) is 1. The van der Waals surface area contributed by atoms with Crippen LogP contribution in [0.3, 0.4) is 0 Å². The Bertz CT molecular complexity index is 1850. The minimum atomic E-state index is -0.240. The molecule has 0 heterocycles. The third-order valence-electron chi connectivity index (χ3n) is 9.93. The van der Waals surface area contributed by atoms with Gasteiger partial charge in [0.05, 0.1) is 12.7 Å². The van der Waals surface area contributed by atoms with E-state index in [0.29, 0.717) is 5.56 Å². The largest absolute Gasteiger partial charge is 0.465 e. The highest BCUT2D eigenvalue weighted by atomic mass is 16.5. The van der Waals surface area contributed by atoms with E-state index in [1.165, 1.54) is 72.5 Å². The molecule has 42 heavy (non-hydrogen) atoms. The normalized spacial score (nSPS) is 11.8. The summed E-state index contributed by atoms with van der Waals surface area (Å²) in [5, 5.41) is 10.9. The van der Waals surface area contributed by atoms with Crippen molar-refractivity contribution in [1.29, 1.82) is 0 Å². The summed E-state index contributed by atoms with van der Waals surface area (Å²) in [7, 11) is 1.49. The molecule has 0 bridgehead atoms. The van der Waals surface area contributed by atoms with E-state index in [2.05, 4.69) is 85.7 Å². The van der Waals surface area contributed by atoms with E-state index in [1.54, 1.807) is 16.7 Å². The first-order valence-electron chi connectivity index (χ1n) is 16.4. The first-order chi connectivity index (χ1) is 20.4. The van der Waals surface area contributed by atoms with Crippen LogP contribution in [0.4, 0.5) is 0 Å². The molecule has 0 aliphatic heterocycles. The number of rotatable bonds is 9.